The van der Waals surface area contributed by atoms with Crippen molar-refractivity contribution >= 4 is 23.4 Å². The van der Waals surface area contributed by atoms with Crippen LogP contribution in [0.2, 0.25) is 0 Å². The van der Waals surface area contributed by atoms with Gasteiger partial charge in [-0.1, -0.05) is 11.8 Å². The van der Waals surface area contributed by atoms with Crippen LogP contribution in [0, 0.1) is 5.82 Å². The molecule has 2 aromatic rings. The number of hydrogen-bond acceptors (Lipinski definition) is 3. The van der Waals surface area contributed by atoms with Crippen molar-refractivity contribution < 1.29 is 22.4 Å². The third kappa shape index (κ3) is 4.73. The van der Waals surface area contributed by atoms with Gasteiger partial charge >= 0.3 is 6.18 Å². The van der Waals surface area contributed by atoms with Crippen LogP contribution >= 0.6 is 11.8 Å². The number of hydrogen-bond donors (Lipinski definition) is 1. The van der Waals surface area contributed by atoms with Crippen LogP contribution in [0.1, 0.15) is 5.56 Å². The largest absolute Gasteiger partial charge is 0.417 e. The van der Waals surface area contributed by atoms with Crippen molar-refractivity contribution in [3.8, 4) is 0 Å². The van der Waals surface area contributed by atoms with Crippen molar-refractivity contribution in [1.29, 1.82) is 0 Å². The topological polar surface area (TPSA) is 42.0 Å². The first-order valence-corrected chi connectivity index (χ1v) is 7.04. The van der Waals surface area contributed by atoms with E-state index in [0.717, 1.165) is 24.0 Å². The molecule has 8 heteroatoms. The molecule has 0 bridgehead atoms. The average Bonchev–Trinajstić information content (AvgIpc) is 2.47. The summed E-state index contributed by atoms with van der Waals surface area (Å²) < 4.78 is 49.8. The van der Waals surface area contributed by atoms with E-state index in [2.05, 4.69) is 10.3 Å². The summed E-state index contributed by atoms with van der Waals surface area (Å²) in [5, 5.41) is 2.85. The van der Waals surface area contributed by atoms with Gasteiger partial charge in [0.05, 0.1) is 16.3 Å². The number of amides is 1. The second kappa shape index (κ2) is 6.78. The Morgan fingerprint density at radius 3 is 2.36 bits per heavy atom. The molecular weight excluding hydrogens is 320 g/mol. The SMILES string of the molecule is O=C(CSc1ccc(C(F)(F)F)cn1)Nc1ccc(F)cc1. The minimum atomic E-state index is -4.43. The van der Waals surface area contributed by atoms with Crippen molar-refractivity contribution in [3.05, 3.63) is 54.0 Å². The van der Waals surface area contributed by atoms with E-state index in [4.69, 9.17) is 0 Å². The van der Waals surface area contributed by atoms with Crippen LogP contribution in [0.5, 0.6) is 0 Å². The fourth-order valence-electron chi connectivity index (χ4n) is 1.50. The molecule has 116 valence electrons. The van der Waals surface area contributed by atoms with Gasteiger partial charge in [-0.3, -0.25) is 4.79 Å². The molecule has 3 nitrogen and oxygen atoms in total. The maximum Gasteiger partial charge on any atom is 0.417 e. The molecule has 0 aliphatic rings. The molecule has 0 aliphatic carbocycles. The highest BCUT2D eigenvalue weighted by molar-refractivity contribution is 7.99. The number of nitrogens with zero attached hydrogens (tertiary/aromatic N) is 1. The van der Waals surface area contributed by atoms with Gasteiger partial charge in [0, 0.05) is 11.9 Å². The normalized spacial score (nSPS) is 11.3. The van der Waals surface area contributed by atoms with E-state index in [-0.39, 0.29) is 11.7 Å². The summed E-state index contributed by atoms with van der Waals surface area (Å²) in [7, 11) is 0. The summed E-state index contributed by atoms with van der Waals surface area (Å²) in [6.45, 7) is 0. The highest BCUT2D eigenvalue weighted by Gasteiger charge is 2.30. The predicted octanol–water partition coefficient (Wildman–Crippen LogP) is 3.97. The van der Waals surface area contributed by atoms with E-state index in [1.807, 2.05) is 0 Å². The lowest BCUT2D eigenvalue weighted by atomic mass is 10.3. The molecule has 1 aromatic heterocycles. The van der Waals surface area contributed by atoms with E-state index in [1.165, 1.54) is 30.3 Å². The Morgan fingerprint density at radius 1 is 1.14 bits per heavy atom. The number of aromatic nitrogens is 1. The standard InChI is InChI=1S/C14H10F4N2OS/c15-10-2-4-11(5-3-10)20-12(21)8-22-13-6-1-9(7-19-13)14(16,17)18/h1-7H,8H2,(H,20,21). The molecule has 1 aromatic carbocycles. The van der Waals surface area contributed by atoms with Gasteiger partial charge in [-0.15, -0.1) is 0 Å². The first-order valence-electron chi connectivity index (χ1n) is 6.06. The highest BCUT2D eigenvalue weighted by Crippen LogP contribution is 2.29. The fourth-order valence-corrected chi connectivity index (χ4v) is 2.15. The number of thioether (sulfide) groups is 1. The smallest absolute Gasteiger partial charge is 0.325 e. The molecule has 0 aliphatic heterocycles. The first-order chi connectivity index (χ1) is 10.3. The predicted molar refractivity (Wildman–Crippen MR) is 75.0 cm³/mol. The lowest BCUT2D eigenvalue weighted by Crippen LogP contribution is -2.14. The average molecular weight is 330 g/mol. The molecule has 1 amide bonds. The Kier molecular flexibility index (Phi) is 5.02. The number of pyridine rings is 1. The summed E-state index contributed by atoms with van der Waals surface area (Å²) in [6, 6.07) is 7.36. The number of benzene rings is 1. The quantitative estimate of drug-likeness (QED) is 0.681. The van der Waals surface area contributed by atoms with Gasteiger partial charge in [0.1, 0.15) is 5.82 Å². The molecule has 1 N–H and O–H groups in total. The van der Waals surface area contributed by atoms with E-state index in [1.54, 1.807) is 0 Å². The third-order valence-electron chi connectivity index (χ3n) is 2.54. The molecule has 0 unspecified atom stereocenters. The van der Waals surface area contributed by atoms with Gasteiger partial charge in [-0.2, -0.15) is 13.2 Å². The van der Waals surface area contributed by atoms with Crippen molar-refractivity contribution in [3.63, 3.8) is 0 Å². The summed E-state index contributed by atoms with van der Waals surface area (Å²) in [5.74, 6) is -0.796. The molecule has 0 atom stereocenters. The molecule has 0 saturated heterocycles. The molecule has 2 rings (SSSR count). The van der Waals surface area contributed by atoms with Gasteiger partial charge in [0.2, 0.25) is 5.91 Å². The van der Waals surface area contributed by atoms with Gasteiger partial charge in [-0.25, -0.2) is 9.37 Å². The summed E-state index contributed by atoms with van der Waals surface area (Å²) in [6.07, 6.45) is -3.71. The second-order valence-electron chi connectivity index (χ2n) is 4.23. The zero-order valence-electron chi connectivity index (χ0n) is 11.0. The van der Waals surface area contributed by atoms with Crippen molar-refractivity contribution in [2.45, 2.75) is 11.2 Å². The number of nitrogens with one attached hydrogen (secondary N) is 1. The van der Waals surface area contributed by atoms with Crippen LogP contribution in [0.4, 0.5) is 23.2 Å². The number of carbonyl (C=O) groups is 1. The first kappa shape index (κ1) is 16.3. The minimum Gasteiger partial charge on any atom is -0.325 e. The minimum absolute atomic E-state index is 0.0181. The van der Waals surface area contributed by atoms with Gasteiger partial charge in [-0.05, 0) is 36.4 Å². The molecule has 0 fully saturated rings. The fraction of sp³-hybridized carbons (Fsp3) is 0.143. The summed E-state index contributed by atoms with van der Waals surface area (Å²) in [5.41, 5.74) is -0.403. The monoisotopic (exact) mass is 330 g/mol. The Balaban J connectivity index is 1.87. The number of carbonyl (C=O) groups excluding carboxylic acids is 1. The van der Waals surface area contributed by atoms with Crippen LogP contribution in [0.25, 0.3) is 0 Å². The van der Waals surface area contributed by atoms with E-state index in [9.17, 15) is 22.4 Å². The van der Waals surface area contributed by atoms with E-state index >= 15 is 0 Å². The summed E-state index contributed by atoms with van der Waals surface area (Å²) >= 11 is 1.01. The maximum atomic E-state index is 12.7. The van der Waals surface area contributed by atoms with E-state index < -0.39 is 17.6 Å². The second-order valence-corrected chi connectivity index (χ2v) is 5.22. The Labute approximate surface area is 127 Å². The van der Waals surface area contributed by atoms with Crippen LogP contribution < -0.4 is 5.32 Å². The molecule has 0 saturated carbocycles. The number of alkyl halides is 3. The molecule has 1 heterocycles. The van der Waals surface area contributed by atoms with Crippen LogP contribution in [-0.4, -0.2) is 16.6 Å². The number of rotatable bonds is 4. The molecule has 0 radical (unpaired) electrons. The Morgan fingerprint density at radius 2 is 1.82 bits per heavy atom. The zero-order chi connectivity index (χ0) is 16.2. The third-order valence-corrected chi connectivity index (χ3v) is 3.49. The van der Waals surface area contributed by atoms with Gasteiger partial charge < -0.3 is 5.32 Å². The Bertz CT molecular complexity index is 641. The lowest BCUT2D eigenvalue weighted by Gasteiger charge is -2.07. The summed E-state index contributed by atoms with van der Waals surface area (Å²) in [4.78, 5) is 15.3. The van der Waals surface area contributed by atoms with Crippen LogP contribution in [0.15, 0.2) is 47.6 Å². The van der Waals surface area contributed by atoms with Crippen molar-refractivity contribution in [1.82, 2.24) is 4.98 Å². The van der Waals surface area contributed by atoms with Crippen LogP contribution in [-0.2, 0) is 11.0 Å². The number of anilines is 1. The van der Waals surface area contributed by atoms with Crippen molar-refractivity contribution in [2.24, 2.45) is 0 Å². The van der Waals surface area contributed by atoms with Crippen molar-refractivity contribution in [2.75, 3.05) is 11.1 Å². The van der Waals surface area contributed by atoms with Gasteiger partial charge in [0.15, 0.2) is 0 Å². The molecule has 0 spiro atoms. The molecule has 22 heavy (non-hydrogen) atoms. The van der Waals surface area contributed by atoms with Crippen LogP contribution in [0.3, 0.4) is 0 Å². The molecular formula is C14H10F4N2OS. The highest BCUT2D eigenvalue weighted by atomic mass is 32.2. The zero-order valence-corrected chi connectivity index (χ0v) is 11.8. The maximum absolute atomic E-state index is 12.7. The Hall–Kier alpha value is -2.09. The van der Waals surface area contributed by atoms with E-state index in [0.29, 0.717) is 10.7 Å². The van der Waals surface area contributed by atoms with Gasteiger partial charge in [0.25, 0.3) is 0 Å². The lowest BCUT2D eigenvalue weighted by molar-refractivity contribution is -0.137. The number of halogens is 4.